The highest BCUT2D eigenvalue weighted by Gasteiger charge is 2.22. The minimum atomic E-state index is -2.63. The summed E-state index contributed by atoms with van der Waals surface area (Å²) in [7, 11) is 0. The fourth-order valence-electron chi connectivity index (χ4n) is 3.87. The van der Waals surface area contributed by atoms with Gasteiger partial charge in [-0.25, -0.2) is 27.2 Å². The molecule has 13 heteroatoms. The van der Waals surface area contributed by atoms with E-state index in [0.29, 0.717) is 26.6 Å². The SMILES string of the molecule is Cc1cc(Oc2c(F)cccc2F)ncc1-n1ncc(C(=O)c2cc3cc(OCC(F)F)c(Br)cc3[nH]2)c1N. The first-order chi connectivity index (χ1) is 18.6. The average molecular weight is 604 g/mol. The molecule has 3 N–H and O–H groups in total. The van der Waals surface area contributed by atoms with Gasteiger partial charge in [0.05, 0.1) is 33.8 Å². The molecular weight excluding hydrogens is 586 g/mol. The standard InChI is InChI=1S/C26H18BrF4N5O3/c1-12-5-23(39-25-16(28)3-2-4-17(25)29)33-10-20(12)36-26(32)14(9-34-36)24(37)19-6-13-7-21(38-11-22(30)31)15(27)8-18(13)35-19/h2-10,22,35H,11,32H2,1H3. The van der Waals surface area contributed by atoms with Crippen molar-refractivity contribution < 1.29 is 31.8 Å². The lowest BCUT2D eigenvalue weighted by Gasteiger charge is -2.11. The van der Waals surface area contributed by atoms with E-state index in [0.717, 1.165) is 12.1 Å². The van der Waals surface area contributed by atoms with Gasteiger partial charge >= 0.3 is 0 Å². The maximum Gasteiger partial charge on any atom is 0.272 e. The molecule has 0 aliphatic carbocycles. The van der Waals surface area contributed by atoms with Crippen LogP contribution in [-0.4, -0.2) is 38.6 Å². The van der Waals surface area contributed by atoms with Crippen LogP contribution < -0.4 is 15.2 Å². The number of ether oxygens (including phenoxy) is 2. The Balaban J connectivity index is 1.41. The van der Waals surface area contributed by atoms with Gasteiger partial charge in [-0.1, -0.05) is 6.07 Å². The molecule has 0 amide bonds. The number of hydrogen-bond acceptors (Lipinski definition) is 6. The van der Waals surface area contributed by atoms with Crippen LogP contribution in [0.3, 0.4) is 0 Å². The highest BCUT2D eigenvalue weighted by atomic mass is 79.9. The largest absolute Gasteiger partial charge is 0.486 e. The van der Waals surface area contributed by atoms with Crippen LogP contribution in [0.4, 0.5) is 23.4 Å². The number of aryl methyl sites for hydroxylation is 1. The summed E-state index contributed by atoms with van der Waals surface area (Å²) < 4.78 is 65.1. The Labute approximate surface area is 226 Å². The Morgan fingerprint density at radius 1 is 1.15 bits per heavy atom. The lowest BCUT2D eigenvalue weighted by atomic mass is 10.1. The summed E-state index contributed by atoms with van der Waals surface area (Å²) in [6.07, 6.45) is 0.0185. The van der Waals surface area contributed by atoms with Gasteiger partial charge in [-0.2, -0.15) is 5.10 Å². The minimum Gasteiger partial charge on any atom is -0.486 e. The van der Waals surface area contributed by atoms with Crippen molar-refractivity contribution in [3.05, 3.63) is 87.8 Å². The lowest BCUT2D eigenvalue weighted by Crippen LogP contribution is -2.09. The maximum atomic E-state index is 13.9. The van der Waals surface area contributed by atoms with Crippen LogP contribution in [0.25, 0.3) is 16.6 Å². The zero-order valence-corrected chi connectivity index (χ0v) is 21.6. The number of nitrogens with zero attached hydrogens (tertiary/aromatic N) is 3. The fourth-order valence-corrected chi connectivity index (χ4v) is 4.33. The predicted molar refractivity (Wildman–Crippen MR) is 138 cm³/mol. The number of nitrogens with one attached hydrogen (secondary N) is 1. The molecule has 200 valence electrons. The lowest BCUT2D eigenvalue weighted by molar-refractivity contribution is 0.0816. The molecule has 0 aliphatic rings. The molecule has 0 saturated carbocycles. The maximum absolute atomic E-state index is 13.9. The monoisotopic (exact) mass is 603 g/mol. The molecule has 8 nitrogen and oxygen atoms in total. The second-order valence-electron chi connectivity index (χ2n) is 8.40. The summed E-state index contributed by atoms with van der Waals surface area (Å²) in [5.74, 6) is -2.61. The van der Waals surface area contributed by atoms with Crippen molar-refractivity contribution in [3.8, 4) is 23.1 Å². The number of para-hydroxylation sites is 1. The number of ketones is 1. The van der Waals surface area contributed by atoms with Crippen molar-refractivity contribution in [2.24, 2.45) is 0 Å². The molecule has 0 radical (unpaired) electrons. The number of halogens is 5. The second kappa shape index (κ2) is 10.4. The molecule has 0 saturated heterocycles. The van der Waals surface area contributed by atoms with Gasteiger partial charge in [-0.15, -0.1) is 0 Å². The van der Waals surface area contributed by atoms with Crippen molar-refractivity contribution in [3.63, 3.8) is 0 Å². The zero-order valence-electron chi connectivity index (χ0n) is 20.0. The second-order valence-corrected chi connectivity index (χ2v) is 9.26. The number of nitrogen functional groups attached to an aromatic ring is 1. The van der Waals surface area contributed by atoms with Crippen LogP contribution in [-0.2, 0) is 0 Å². The first-order valence-electron chi connectivity index (χ1n) is 11.3. The summed E-state index contributed by atoms with van der Waals surface area (Å²) in [4.78, 5) is 20.3. The highest BCUT2D eigenvalue weighted by molar-refractivity contribution is 9.10. The van der Waals surface area contributed by atoms with Crippen molar-refractivity contribution >= 4 is 38.4 Å². The van der Waals surface area contributed by atoms with Crippen LogP contribution in [0.2, 0.25) is 0 Å². The summed E-state index contributed by atoms with van der Waals surface area (Å²) in [5.41, 5.74) is 8.09. The quantitative estimate of drug-likeness (QED) is 0.158. The van der Waals surface area contributed by atoms with Crippen molar-refractivity contribution in [1.82, 2.24) is 19.7 Å². The number of anilines is 1. The topological polar surface area (TPSA) is 108 Å². The van der Waals surface area contributed by atoms with Gasteiger partial charge < -0.3 is 20.2 Å². The van der Waals surface area contributed by atoms with E-state index < -0.39 is 36.2 Å². The van der Waals surface area contributed by atoms with Crippen LogP contribution in [0.1, 0.15) is 21.6 Å². The van der Waals surface area contributed by atoms with E-state index in [-0.39, 0.29) is 28.7 Å². The number of nitrogens with two attached hydrogens (primary N) is 1. The van der Waals surface area contributed by atoms with Crippen molar-refractivity contribution in [2.75, 3.05) is 12.3 Å². The molecule has 5 aromatic rings. The number of rotatable bonds is 8. The van der Waals surface area contributed by atoms with Crippen LogP contribution in [0.5, 0.6) is 17.4 Å². The molecular formula is C26H18BrF4N5O3. The molecule has 2 aromatic carbocycles. The van der Waals surface area contributed by atoms with Gasteiger partial charge in [0.25, 0.3) is 6.43 Å². The van der Waals surface area contributed by atoms with Crippen LogP contribution in [0.15, 0.2) is 59.3 Å². The highest BCUT2D eigenvalue weighted by Crippen LogP contribution is 2.33. The molecule has 0 fully saturated rings. The number of hydrogen-bond donors (Lipinski definition) is 2. The minimum absolute atomic E-state index is 0.0273. The molecule has 0 spiro atoms. The molecule has 3 heterocycles. The third-order valence-corrected chi connectivity index (χ3v) is 6.37. The number of fused-ring (bicyclic) bond motifs is 1. The van der Waals surface area contributed by atoms with Gasteiger partial charge in [-0.3, -0.25) is 4.79 Å². The Morgan fingerprint density at radius 2 is 1.90 bits per heavy atom. The van der Waals surface area contributed by atoms with Crippen LogP contribution in [0, 0.1) is 18.6 Å². The van der Waals surface area contributed by atoms with Gasteiger partial charge in [0.15, 0.2) is 11.6 Å². The van der Waals surface area contributed by atoms with E-state index in [9.17, 15) is 22.4 Å². The normalized spacial score (nSPS) is 11.4. The molecule has 0 aliphatic heterocycles. The number of carbonyl (C=O) groups is 1. The number of aromatic amines is 1. The summed E-state index contributed by atoms with van der Waals surface area (Å²) in [5, 5.41) is 4.78. The number of pyridine rings is 1. The molecule has 3 aromatic heterocycles. The van der Waals surface area contributed by atoms with E-state index in [2.05, 4.69) is 31.0 Å². The van der Waals surface area contributed by atoms with Gasteiger partial charge in [0, 0.05) is 17.0 Å². The number of benzene rings is 2. The third kappa shape index (κ3) is 5.17. The van der Waals surface area contributed by atoms with Gasteiger partial charge in [-0.05, 0) is 58.7 Å². The Hall–Kier alpha value is -4.39. The summed E-state index contributed by atoms with van der Waals surface area (Å²) >= 11 is 3.28. The predicted octanol–water partition coefficient (Wildman–Crippen LogP) is 6.35. The molecule has 39 heavy (non-hydrogen) atoms. The first-order valence-corrected chi connectivity index (χ1v) is 12.1. The van der Waals surface area contributed by atoms with Gasteiger partial charge in [0.2, 0.25) is 17.4 Å². The third-order valence-electron chi connectivity index (χ3n) is 5.75. The Bertz CT molecular complexity index is 1700. The molecule has 0 bridgehead atoms. The fraction of sp³-hybridized carbons (Fsp3) is 0.115. The Kier molecular flexibility index (Phi) is 7.00. The van der Waals surface area contributed by atoms with E-state index in [1.54, 1.807) is 19.1 Å². The van der Waals surface area contributed by atoms with Gasteiger partial charge in [0.1, 0.15) is 18.2 Å². The zero-order chi connectivity index (χ0) is 27.8. The number of alkyl halides is 2. The molecule has 0 atom stereocenters. The number of carbonyl (C=O) groups excluding carboxylic acids is 1. The summed E-state index contributed by atoms with van der Waals surface area (Å²) in [6, 6.07) is 9.50. The van der Waals surface area contributed by atoms with E-state index in [1.807, 2.05) is 0 Å². The van der Waals surface area contributed by atoms with Crippen LogP contribution >= 0.6 is 15.9 Å². The van der Waals surface area contributed by atoms with Crippen molar-refractivity contribution in [1.29, 1.82) is 0 Å². The van der Waals surface area contributed by atoms with E-state index in [1.165, 1.54) is 35.3 Å². The van der Waals surface area contributed by atoms with Crippen molar-refractivity contribution in [2.45, 2.75) is 13.3 Å². The first kappa shape index (κ1) is 26.2. The van der Waals surface area contributed by atoms with E-state index in [4.69, 9.17) is 15.2 Å². The smallest absolute Gasteiger partial charge is 0.272 e. The van der Waals surface area contributed by atoms with E-state index >= 15 is 0 Å². The average Bonchev–Trinajstić information content (AvgIpc) is 3.47. The number of aromatic nitrogens is 4. The number of H-pyrrole nitrogens is 1. The summed E-state index contributed by atoms with van der Waals surface area (Å²) in [6.45, 7) is 0.922. The molecule has 5 rings (SSSR count). The molecule has 0 unspecified atom stereocenters. The Morgan fingerprint density at radius 3 is 2.59 bits per heavy atom.